The summed E-state index contributed by atoms with van der Waals surface area (Å²) in [4.78, 5) is 80.6. The first-order chi connectivity index (χ1) is 33.6. The molecule has 5 atom stereocenters. The Morgan fingerprint density at radius 2 is 1.76 bits per heavy atom. The summed E-state index contributed by atoms with van der Waals surface area (Å²) in [5.74, 6) is 3.04. The fourth-order valence-electron chi connectivity index (χ4n) is 10.1. The highest BCUT2D eigenvalue weighted by atomic mass is 16.5. The summed E-state index contributed by atoms with van der Waals surface area (Å²) >= 11 is 0. The van der Waals surface area contributed by atoms with E-state index in [1.807, 2.05) is 71.8 Å². The zero-order valence-corrected chi connectivity index (χ0v) is 43.8. The summed E-state index contributed by atoms with van der Waals surface area (Å²) in [7, 11) is 7.11. The van der Waals surface area contributed by atoms with E-state index in [9.17, 15) is 24.0 Å². The van der Waals surface area contributed by atoms with E-state index < -0.39 is 52.8 Å². The van der Waals surface area contributed by atoms with Crippen LogP contribution in [0.25, 0.3) is 33.3 Å². The number of amides is 4. The number of carbonyl (C=O) groups excluding carboxylic acids is 5. The maximum Gasteiger partial charge on any atom is 0.324 e. The minimum Gasteiger partial charge on any atom is -0.464 e. The third-order valence-corrected chi connectivity index (χ3v) is 14.7. The number of aromatic nitrogens is 2. The van der Waals surface area contributed by atoms with Crippen LogP contribution in [-0.4, -0.2) is 137 Å². The molecule has 3 aliphatic heterocycles. The lowest BCUT2D eigenvalue weighted by Gasteiger charge is -2.37. The monoisotopic (exact) mass is 971 g/mol. The van der Waals surface area contributed by atoms with E-state index in [2.05, 4.69) is 84.3 Å². The summed E-state index contributed by atoms with van der Waals surface area (Å²) in [5, 5.41) is 5.59. The van der Waals surface area contributed by atoms with Crippen molar-refractivity contribution in [1.82, 2.24) is 40.0 Å². The van der Waals surface area contributed by atoms with Crippen LogP contribution in [0.3, 0.4) is 0 Å². The van der Waals surface area contributed by atoms with Crippen LogP contribution in [0.1, 0.15) is 97.6 Å². The van der Waals surface area contributed by atoms with Crippen molar-refractivity contribution in [2.75, 3.05) is 54.5 Å². The van der Waals surface area contributed by atoms with E-state index in [0.717, 1.165) is 50.1 Å². The molecule has 71 heavy (non-hydrogen) atoms. The Bertz CT molecular complexity index is 2710. The molecule has 3 aliphatic rings. The third kappa shape index (κ3) is 11.5. The Hall–Kier alpha value is -6.08. The number of esters is 1. The molecule has 15 heteroatoms. The molecule has 2 aromatic heterocycles. The summed E-state index contributed by atoms with van der Waals surface area (Å²) < 4.78 is 14.3. The number of hydrogen-bond donors (Lipinski definition) is 2. The van der Waals surface area contributed by atoms with Crippen molar-refractivity contribution in [2.45, 2.75) is 124 Å². The number of likely N-dealkylation sites (tertiary alicyclic amines) is 1. The van der Waals surface area contributed by atoms with E-state index in [1.54, 1.807) is 25.3 Å². The molecule has 2 saturated heterocycles. The van der Waals surface area contributed by atoms with Gasteiger partial charge in [0, 0.05) is 74.8 Å². The molecule has 6 bridgehead atoms. The second kappa shape index (κ2) is 21.7. The van der Waals surface area contributed by atoms with E-state index in [1.165, 1.54) is 9.91 Å². The smallest absolute Gasteiger partial charge is 0.324 e. The minimum atomic E-state index is -1.06. The van der Waals surface area contributed by atoms with Crippen molar-refractivity contribution in [3.63, 3.8) is 0 Å². The van der Waals surface area contributed by atoms with E-state index in [0.29, 0.717) is 45.3 Å². The van der Waals surface area contributed by atoms with E-state index in [-0.39, 0.29) is 43.4 Å². The molecule has 0 saturated carbocycles. The number of benzene rings is 2. The highest BCUT2D eigenvalue weighted by Crippen LogP contribution is 2.42. The van der Waals surface area contributed by atoms with Crippen LogP contribution < -0.4 is 10.7 Å². The van der Waals surface area contributed by atoms with Gasteiger partial charge < -0.3 is 29.2 Å². The van der Waals surface area contributed by atoms with Crippen LogP contribution >= 0.6 is 0 Å². The molecule has 0 radical (unpaired) electrons. The topological polar surface area (TPSA) is 159 Å². The number of nitrogens with one attached hydrogen (secondary N) is 2. The molecule has 2 fully saturated rings. The highest BCUT2D eigenvalue weighted by Gasteiger charge is 2.40. The van der Waals surface area contributed by atoms with Gasteiger partial charge in [-0.25, -0.2) is 5.43 Å². The predicted octanol–water partition coefficient (Wildman–Crippen LogP) is 6.42. The first-order valence-electron chi connectivity index (χ1n) is 25.2. The van der Waals surface area contributed by atoms with Crippen LogP contribution in [0, 0.1) is 29.1 Å². The number of fused-ring (bicyclic) bond motifs is 6. The van der Waals surface area contributed by atoms with Crippen LogP contribution in [0.2, 0.25) is 0 Å². The summed E-state index contributed by atoms with van der Waals surface area (Å²) in [6.07, 6.45) is 3.71. The van der Waals surface area contributed by atoms with Crippen LogP contribution in [0.4, 0.5) is 0 Å². The molecule has 0 spiro atoms. The fourth-order valence-corrected chi connectivity index (χ4v) is 10.1. The number of carbonyl (C=O) groups is 5. The molecule has 380 valence electrons. The average molecular weight is 971 g/mol. The quantitative estimate of drug-likeness (QED) is 0.134. The second-order valence-electron chi connectivity index (χ2n) is 21.4. The molecule has 7 rings (SSSR count). The first-order valence-corrected chi connectivity index (χ1v) is 25.2. The molecule has 2 N–H and O–H groups in total. The maximum absolute atomic E-state index is 14.8. The van der Waals surface area contributed by atoms with Gasteiger partial charge in [0.1, 0.15) is 18.1 Å². The largest absolute Gasteiger partial charge is 0.464 e. The number of ether oxygens (including phenoxy) is 2. The van der Waals surface area contributed by atoms with Crippen LogP contribution in [0.5, 0.6) is 0 Å². The van der Waals surface area contributed by atoms with Crippen molar-refractivity contribution < 1.29 is 33.4 Å². The molecule has 0 unspecified atom stereocenters. The van der Waals surface area contributed by atoms with Crippen LogP contribution in [0.15, 0.2) is 60.8 Å². The predicted molar refractivity (Wildman–Crippen MR) is 275 cm³/mol. The Labute approximate surface area is 419 Å². The zero-order valence-electron chi connectivity index (χ0n) is 43.8. The average Bonchev–Trinajstić information content (AvgIpc) is 3.96. The number of methoxy groups -OCH3 is 1. The molecular formula is C56H74N8O7. The standard InChI is InChI=1S/C56H74N8O7/c1-13-63-46-22-21-39-31-42(46)43(50(63)41-19-15-26-57-48(41)36(4)70-12)32-55(5,6)34-71-54(69)44-20-16-27-64(59-44)53(68)45(30-37-17-14-18-38(39)29-37)58-51(66)49(35(2)3)61(11)52(67)40-24-28-62(33-40)47(65)23-25-56(7,8)60(9)10/h14-15,17-19,21-22,26,29,31,35-36,40,44-45,49,59H,13,16,20,24,27-28,30,32-34H2,1-12H3,(H,58,66)/t36-,40-,44-,45-,49-/m0/s1. The molecular weight excluding hydrogens is 897 g/mol. The summed E-state index contributed by atoms with van der Waals surface area (Å²) in [6.45, 7) is 17.7. The SMILES string of the molecule is CCn1c(-c2cccnc2[C@H](C)OC)c2c3cc(ccc31)-c1cccc(c1)C[C@H](NC(=O)[C@H](C(C)C)N(C)C(=O)[C@H]1CCN(C(=O)C#CC(C)(C)N(C)C)C1)C(=O)N1CCC[C@H](N1)C(=O)OCC(C)(C)C2. The van der Waals surface area contributed by atoms with Gasteiger partial charge in [-0.2, -0.15) is 0 Å². The second-order valence-corrected chi connectivity index (χ2v) is 21.4. The highest BCUT2D eigenvalue weighted by molar-refractivity contribution is 5.97. The lowest BCUT2D eigenvalue weighted by molar-refractivity contribution is -0.155. The Morgan fingerprint density at radius 3 is 2.46 bits per heavy atom. The van der Waals surface area contributed by atoms with Crippen molar-refractivity contribution >= 4 is 40.5 Å². The molecule has 15 nitrogen and oxygen atoms in total. The third-order valence-electron chi connectivity index (χ3n) is 14.7. The number of likely N-dealkylation sites (N-methyl/N-ethyl adjacent to an activating group) is 1. The molecule has 5 heterocycles. The normalized spacial score (nSPS) is 20.5. The Balaban J connectivity index is 1.23. The zero-order chi connectivity index (χ0) is 51.5. The summed E-state index contributed by atoms with van der Waals surface area (Å²) in [6, 6.07) is 15.8. The lowest BCUT2D eigenvalue weighted by atomic mass is 9.84. The van der Waals surface area contributed by atoms with Gasteiger partial charge in [0.15, 0.2) is 0 Å². The number of nitrogens with zero attached hydrogens (tertiary/aromatic N) is 6. The van der Waals surface area contributed by atoms with Crippen molar-refractivity contribution in [1.29, 1.82) is 0 Å². The molecule has 0 aliphatic carbocycles. The number of cyclic esters (lactones) is 1. The van der Waals surface area contributed by atoms with Gasteiger partial charge in [-0.1, -0.05) is 63.9 Å². The minimum absolute atomic E-state index is 0.131. The van der Waals surface area contributed by atoms with Gasteiger partial charge in [0.25, 0.3) is 11.8 Å². The van der Waals surface area contributed by atoms with Gasteiger partial charge in [-0.05, 0) is 126 Å². The van der Waals surface area contributed by atoms with Gasteiger partial charge in [-0.3, -0.25) is 38.9 Å². The van der Waals surface area contributed by atoms with Crippen molar-refractivity contribution in [3.05, 3.63) is 77.6 Å². The van der Waals surface area contributed by atoms with Crippen molar-refractivity contribution in [3.8, 4) is 34.2 Å². The molecule has 4 aromatic rings. The molecule has 4 amide bonds. The number of pyridine rings is 1. The molecule has 2 aromatic carbocycles. The first kappa shape index (κ1) is 52.7. The van der Waals surface area contributed by atoms with Gasteiger partial charge in [-0.15, -0.1) is 0 Å². The van der Waals surface area contributed by atoms with E-state index >= 15 is 0 Å². The van der Waals surface area contributed by atoms with Gasteiger partial charge in [0.05, 0.1) is 35.6 Å². The maximum atomic E-state index is 14.8. The fraction of sp³-hybridized carbons (Fsp3) is 0.536. The number of hydrazine groups is 1. The van der Waals surface area contributed by atoms with Crippen molar-refractivity contribution in [2.24, 2.45) is 17.3 Å². The van der Waals surface area contributed by atoms with Crippen LogP contribution in [-0.2, 0) is 52.8 Å². The number of hydrogen-bond acceptors (Lipinski definition) is 10. The number of aryl methyl sites for hydroxylation is 1. The van der Waals surface area contributed by atoms with Gasteiger partial charge >= 0.3 is 5.97 Å². The van der Waals surface area contributed by atoms with E-state index in [4.69, 9.17) is 14.5 Å². The Morgan fingerprint density at radius 1 is 1.01 bits per heavy atom. The summed E-state index contributed by atoms with van der Waals surface area (Å²) in [5.41, 5.74) is 9.94. The lowest BCUT2D eigenvalue weighted by Crippen LogP contribution is -2.62. The Kier molecular flexibility index (Phi) is 16.1. The van der Waals surface area contributed by atoms with Gasteiger partial charge in [0.2, 0.25) is 11.8 Å². The number of rotatable bonds is 10.